The molecule has 2 amide bonds. The fourth-order valence-corrected chi connectivity index (χ4v) is 4.36. The van der Waals surface area contributed by atoms with E-state index in [2.05, 4.69) is 19.2 Å². The SMILES string of the molecule is CCNC(=O)[C@H](C)N(Cc1ccccc1C)C(=O)CN(c1ccc(C(C)C)cc1)S(C)(=O)=O. The summed E-state index contributed by atoms with van der Waals surface area (Å²) in [6, 6.07) is 14.0. The summed E-state index contributed by atoms with van der Waals surface area (Å²) < 4.78 is 26.3. The number of carbonyl (C=O) groups is 2. The molecule has 1 N–H and O–H groups in total. The highest BCUT2D eigenvalue weighted by atomic mass is 32.2. The van der Waals surface area contributed by atoms with Gasteiger partial charge in [0.15, 0.2) is 0 Å². The van der Waals surface area contributed by atoms with Gasteiger partial charge in [-0.05, 0) is 55.5 Å². The molecule has 0 aliphatic rings. The molecule has 8 heteroatoms. The lowest BCUT2D eigenvalue weighted by atomic mass is 10.0. The lowest BCUT2D eigenvalue weighted by molar-refractivity contribution is -0.139. The van der Waals surface area contributed by atoms with Crippen molar-refractivity contribution in [1.29, 1.82) is 0 Å². The highest BCUT2D eigenvalue weighted by Crippen LogP contribution is 2.23. The van der Waals surface area contributed by atoms with E-state index in [0.29, 0.717) is 18.2 Å². The van der Waals surface area contributed by atoms with Crippen LogP contribution in [0.25, 0.3) is 0 Å². The van der Waals surface area contributed by atoms with Crippen LogP contribution >= 0.6 is 0 Å². The number of carbonyl (C=O) groups excluding carboxylic acids is 2. The van der Waals surface area contributed by atoms with E-state index in [1.54, 1.807) is 19.1 Å². The summed E-state index contributed by atoms with van der Waals surface area (Å²) in [5.74, 6) is -0.433. The molecule has 0 aliphatic heterocycles. The van der Waals surface area contributed by atoms with Gasteiger partial charge in [0, 0.05) is 13.1 Å². The van der Waals surface area contributed by atoms with Crippen LogP contribution in [-0.2, 0) is 26.2 Å². The molecule has 180 valence electrons. The molecule has 7 nitrogen and oxygen atoms in total. The summed E-state index contributed by atoms with van der Waals surface area (Å²) >= 11 is 0. The number of benzene rings is 2. The van der Waals surface area contributed by atoms with Crippen molar-refractivity contribution in [3.63, 3.8) is 0 Å². The molecule has 0 saturated carbocycles. The van der Waals surface area contributed by atoms with Crippen LogP contribution in [0.2, 0.25) is 0 Å². The largest absolute Gasteiger partial charge is 0.355 e. The van der Waals surface area contributed by atoms with Crippen LogP contribution in [-0.4, -0.2) is 50.5 Å². The second kappa shape index (κ2) is 11.3. The first-order valence-electron chi connectivity index (χ1n) is 11.1. The van der Waals surface area contributed by atoms with Gasteiger partial charge in [0.2, 0.25) is 21.8 Å². The van der Waals surface area contributed by atoms with Gasteiger partial charge in [0.25, 0.3) is 0 Å². The Bertz CT molecular complexity index is 1070. The van der Waals surface area contributed by atoms with Crippen LogP contribution in [0.4, 0.5) is 5.69 Å². The number of aryl methyl sites for hydroxylation is 1. The minimum absolute atomic E-state index is 0.202. The highest BCUT2D eigenvalue weighted by Gasteiger charge is 2.30. The van der Waals surface area contributed by atoms with E-state index in [0.717, 1.165) is 27.3 Å². The predicted molar refractivity (Wildman–Crippen MR) is 133 cm³/mol. The highest BCUT2D eigenvalue weighted by molar-refractivity contribution is 7.92. The Morgan fingerprint density at radius 3 is 2.12 bits per heavy atom. The van der Waals surface area contributed by atoms with Gasteiger partial charge in [-0.3, -0.25) is 13.9 Å². The molecule has 1 atom stereocenters. The Labute approximate surface area is 197 Å². The average Bonchev–Trinajstić information content (AvgIpc) is 2.75. The lowest BCUT2D eigenvalue weighted by Crippen LogP contribution is -2.51. The average molecular weight is 474 g/mol. The van der Waals surface area contributed by atoms with Crippen LogP contribution in [0, 0.1) is 6.92 Å². The van der Waals surface area contributed by atoms with Gasteiger partial charge in [0.05, 0.1) is 11.9 Å². The fourth-order valence-electron chi connectivity index (χ4n) is 3.51. The predicted octanol–water partition coefficient (Wildman–Crippen LogP) is 3.44. The zero-order chi connectivity index (χ0) is 24.8. The van der Waals surface area contributed by atoms with Crippen LogP contribution in [0.3, 0.4) is 0 Å². The topological polar surface area (TPSA) is 86.8 Å². The third-order valence-electron chi connectivity index (χ3n) is 5.65. The van der Waals surface area contributed by atoms with Crippen molar-refractivity contribution in [2.75, 3.05) is 23.7 Å². The number of anilines is 1. The first kappa shape index (κ1) is 26.4. The van der Waals surface area contributed by atoms with Gasteiger partial charge in [-0.1, -0.05) is 50.2 Å². The van der Waals surface area contributed by atoms with Gasteiger partial charge in [-0.2, -0.15) is 0 Å². The molecule has 0 heterocycles. The second-order valence-electron chi connectivity index (χ2n) is 8.53. The van der Waals surface area contributed by atoms with E-state index in [1.807, 2.05) is 50.2 Å². The summed E-state index contributed by atoms with van der Waals surface area (Å²) in [4.78, 5) is 27.5. The van der Waals surface area contributed by atoms with Crippen LogP contribution in [0.1, 0.15) is 50.3 Å². The van der Waals surface area contributed by atoms with E-state index in [4.69, 9.17) is 0 Å². The van der Waals surface area contributed by atoms with Crippen molar-refractivity contribution in [2.45, 2.75) is 53.1 Å². The van der Waals surface area contributed by atoms with Crippen molar-refractivity contribution >= 4 is 27.5 Å². The maximum atomic E-state index is 13.5. The van der Waals surface area contributed by atoms with Crippen molar-refractivity contribution < 1.29 is 18.0 Å². The normalized spacial score (nSPS) is 12.3. The molecule has 0 saturated heterocycles. The Morgan fingerprint density at radius 1 is 1.00 bits per heavy atom. The molecule has 2 aromatic carbocycles. The second-order valence-corrected chi connectivity index (χ2v) is 10.4. The summed E-state index contributed by atoms with van der Waals surface area (Å²) in [6.45, 7) is 9.76. The van der Waals surface area contributed by atoms with E-state index in [-0.39, 0.29) is 12.5 Å². The number of nitrogens with one attached hydrogen (secondary N) is 1. The van der Waals surface area contributed by atoms with Gasteiger partial charge < -0.3 is 10.2 Å². The number of hydrogen-bond donors (Lipinski definition) is 1. The third kappa shape index (κ3) is 7.05. The Balaban J connectivity index is 2.39. The van der Waals surface area contributed by atoms with Gasteiger partial charge in [0.1, 0.15) is 12.6 Å². The minimum Gasteiger partial charge on any atom is -0.355 e. The zero-order valence-electron chi connectivity index (χ0n) is 20.3. The first-order chi connectivity index (χ1) is 15.5. The standard InChI is InChI=1S/C25H35N3O4S/c1-7-26-25(30)20(5)27(16-22-11-9-8-10-19(22)4)24(29)17-28(33(6,31)32)23-14-12-21(13-15-23)18(2)3/h8-15,18,20H,7,16-17H2,1-6H3,(H,26,30)/t20-/m0/s1. The maximum Gasteiger partial charge on any atom is 0.244 e. The molecule has 0 spiro atoms. The van der Waals surface area contributed by atoms with Gasteiger partial charge in [-0.25, -0.2) is 8.42 Å². The molecule has 0 aromatic heterocycles. The molecule has 2 aromatic rings. The van der Waals surface area contributed by atoms with Crippen molar-refractivity contribution in [3.05, 3.63) is 65.2 Å². The lowest BCUT2D eigenvalue weighted by Gasteiger charge is -2.31. The van der Waals surface area contributed by atoms with Crippen LogP contribution in [0.15, 0.2) is 48.5 Å². The number of sulfonamides is 1. The number of likely N-dealkylation sites (N-methyl/N-ethyl adjacent to an activating group) is 1. The first-order valence-corrected chi connectivity index (χ1v) is 13.0. The van der Waals surface area contributed by atoms with Crippen LogP contribution < -0.4 is 9.62 Å². The number of nitrogens with zero attached hydrogens (tertiary/aromatic N) is 2. The Hall–Kier alpha value is -2.87. The molecule has 0 fully saturated rings. The van der Waals surface area contributed by atoms with Crippen LogP contribution in [0.5, 0.6) is 0 Å². The summed E-state index contributed by atoms with van der Waals surface area (Å²) in [7, 11) is -3.73. The van der Waals surface area contributed by atoms with Crippen molar-refractivity contribution in [1.82, 2.24) is 10.2 Å². The molecule has 0 bridgehead atoms. The van der Waals surface area contributed by atoms with E-state index in [9.17, 15) is 18.0 Å². The molecule has 2 rings (SSSR count). The maximum absolute atomic E-state index is 13.5. The molecule has 0 radical (unpaired) electrons. The van der Waals surface area contributed by atoms with Gasteiger partial charge in [-0.15, -0.1) is 0 Å². The van der Waals surface area contributed by atoms with E-state index < -0.39 is 28.5 Å². The summed E-state index contributed by atoms with van der Waals surface area (Å²) in [5, 5.41) is 2.75. The van der Waals surface area contributed by atoms with Gasteiger partial charge >= 0.3 is 0 Å². The number of rotatable bonds is 10. The number of amides is 2. The molecule has 0 unspecified atom stereocenters. The van der Waals surface area contributed by atoms with Crippen molar-refractivity contribution in [2.24, 2.45) is 0 Å². The summed E-state index contributed by atoms with van der Waals surface area (Å²) in [6.07, 6.45) is 1.08. The Kier molecular flexibility index (Phi) is 9.05. The number of hydrogen-bond acceptors (Lipinski definition) is 4. The smallest absolute Gasteiger partial charge is 0.244 e. The molecule has 33 heavy (non-hydrogen) atoms. The Morgan fingerprint density at radius 2 is 1.61 bits per heavy atom. The third-order valence-corrected chi connectivity index (χ3v) is 6.79. The minimum atomic E-state index is -3.73. The molecular weight excluding hydrogens is 438 g/mol. The molecule has 0 aliphatic carbocycles. The fraction of sp³-hybridized carbons (Fsp3) is 0.440. The van der Waals surface area contributed by atoms with E-state index in [1.165, 1.54) is 4.90 Å². The summed E-state index contributed by atoms with van der Waals surface area (Å²) in [5.41, 5.74) is 3.37. The molecular formula is C25H35N3O4S. The zero-order valence-corrected chi connectivity index (χ0v) is 21.1. The van der Waals surface area contributed by atoms with Crippen molar-refractivity contribution in [3.8, 4) is 0 Å². The monoisotopic (exact) mass is 473 g/mol. The quantitative estimate of drug-likeness (QED) is 0.573. The van der Waals surface area contributed by atoms with E-state index >= 15 is 0 Å².